The summed E-state index contributed by atoms with van der Waals surface area (Å²) in [7, 11) is 0. The van der Waals surface area contributed by atoms with Crippen molar-refractivity contribution in [3.63, 3.8) is 0 Å². The molecule has 0 aliphatic carbocycles. The number of hydrogen-bond donors (Lipinski definition) is 1. The third-order valence-corrected chi connectivity index (χ3v) is 4.93. The molecule has 2 aliphatic heterocycles. The van der Waals surface area contributed by atoms with Crippen LogP contribution < -0.4 is 5.32 Å². The summed E-state index contributed by atoms with van der Waals surface area (Å²) in [6, 6.07) is 2.31. The van der Waals surface area contributed by atoms with E-state index in [1.807, 2.05) is 19.9 Å². The van der Waals surface area contributed by atoms with Gasteiger partial charge >= 0.3 is 0 Å². The van der Waals surface area contributed by atoms with Crippen molar-refractivity contribution in [1.29, 1.82) is 0 Å². The molecule has 0 saturated carbocycles. The normalized spacial score (nSPS) is 23.3. The Hall–Kier alpha value is -1.44. The van der Waals surface area contributed by atoms with Gasteiger partial charge in [0.05, 0.1) is 25.5 Å². The van der Waals surface area contributed by atoms with E-state index < -0.39 is 0 Å². The van der Waals surface area contributed by atoms with Crippen molar-refractivity contribution in [2.24, 2.45) is 5.92 Å². The van der Waals surface area contributed by atoms with Crippen molar-refractivity contribution >= 4 is 5.91 Å². The number of carbonyl (C=O) groups excluding carboxylic acids is 1. The third kappa shape index (κ3) is 4.34. The van der Waals surface area contributed by atoms with Gasteiger partial charge in [-0.25, -0.2) is 0 Å². The van der Waals surface area contributed by atoms with E-state index in [1.54, 1.807) is 4.68 Å². The first-order valence-corrected chi connectivity index (χ1v) is 8.81. The van der Waals surface area contributed by atoms with Crippen LogP contribution in [0.15, 0.2) is 6.07 Å². The Morgan fingerprint density at radius 3 is 2.75 bits per heavy atom. The van der Waals surface area contributed by atoms with Crippen molar-refractivity contribution < 1.29 is 14.3 Å². The van der Waals surface area contributed by atoms with E-state index in [2.05, 4.69) is 15.3 Å². The second kappa shape index (κ2) is 8.09. The number of hydrogen-bond acceptors (Lipinski definition) is 5. The molecule has 0 bridgehead atoms. The topological polar surface area (TPSA) is 68.6 Å². The second-order valence-corrected chi connectivity index (χ2v) is 6.73. The molecule has 0 aromatic carbocycles. The predicted octanol–water partition coefficient (Wildman–Crippen LogP) is 0.353. The average molecular weight is 336 g/mol. The summed E-state index contributed by atoms with van der Waals surface area (Å²) in [4.78, 5) is 14.8. The van der Waals surface area contributed by atoms with Gasteiger partial charge in [0.1, 0.15) is 6.54 Å². The minimum Gasteiger partial charge on any atom is -0.381 e. The molecule has 7 heteroatoms. The molecule has 7 nitrogen and oxygen atoms in total. The Kier molecular flexibility index (Phi) is 5.86. The van der Waals surface area contributed by atoms with Crippen LogP contribution >= 0.6 is 0 Å². The van der Waals surface area contributed by atoms with Gasteiger partial charge < -0.3 is 14.8 Å². The number of nitrogens with one attached hydrogen (secondary N) is 1. The first kappa shape index (κ1) is 17.4. The van der Waals surface area contributed by atoms with Gasteiger partial charge in [-0.1, -0.05) is 0 Å². The molecule has 1 aromatic rings. The zero-order valence-corrected chi connectivity index (χ0v) is 14.7. The molecule has 3 rings (SSSR count). The number of rotatable bonds is 6. The van der Waals surface area contributed by atoms with E-state index in [1.165, 1.54) is 0 Å². The lowest BCUT2D eigenvalue weighted by molar-refractivity contribution is -0.122. The maximum Gasteiger partial charge on any atom is 0.241 e. The highest BCUT2D eigenvalue weighted by molar-refractivity contribution is 5.75. The van der Waals surface area contributed by atoms with Crippen LogP contribution in [0.4, 0.5) is 0 Å². The number of nitrogens with zero attached hydrogens (tertiary/aromatic N) is 3. The summed E-state index contributed by atoms with van der Waals surface area (Å²) in [5.41, 5.74) is 1.95. The second-order valence-electron chi connectivity index (χ2n) is 6.73. The SMILES string of the molecule is Cc1cc(C)n(CC(=O)NC[C@@H]([C@H]2CCOC2)N2CCOCC2)n1. The van der Waals surface area contributed by atoms with Crippen LogP contribution in [0.25, 0.3) is 0 Å². The summed E-state index contributed by atoms with van der Waals surface area (Å²) in [6.45, 7) is 9.84. The fourth-order valence-corrected chi connectivity index (χ4v) is 3.60. The van der Waals surface area contributed by atoms with Gasteiger partial charge in [-0.05, 0) is 26.3 Å². The molecule has 2 aliphatic rings. The lowest BCUT2D eigenvalue weighted by Gasteiger charge is -2.37. The molecule has 3 heterocycles. The maximum absolute atomic E-state index is 12.3. The molecule has 2 atom stereocenters. The van der Waals surface area contributed by atoms with Gasteiger partial charge in [-0.2, -0.15) is 5.10 Å². The van der Waals surface area contributed by atoms with Gasteiger partial charge in [-0.3, -0.25) is 14.4 Å². The van der Waals surface area contributed by atoms with Gasteiger partial charge in [0.15, 0.2) is 0 Å². The van der Waals surface area contributed by atoms with Gasteiger partial charge in [0.2, 0.25) is 5.91 Å². The molecule has 1 N–H and O–H groups in total. The minimum absolute atomic E-state index is 0.0124. The largest absolute Gasteiger partial charge is 0.381 e. The molecular weight excluding hydrogens is 308 g/mol. The Bertz CT molecular complexity index is 548. The standard InChI is InChI=1S/C17H28N4O3/c1-13-9-14(2)21(19-13)11-17(22)18-10-16(15-3-6-24-12-15)20-4-7-23-8-5-20/h9,15-16H,3-8,10-12H2,1-2H3,(H,18,22)/t15-,16-/m0/s1. The zero-order valence-electron chi connectivity index (χ0n) is 14.7. The smallest absolute Gasteiger partial charge is 0.241 e. The first-order valence-electron chi connectivity index (χ1n) is 8.81. The highest BCUT2D eigenvalue weighted by Crippen LogP contribution is 2.21. The van der Waals surface area contributed by atoms with Crippen molar-refractivity contribution in [3.05, 3.63) is 17.5 Å². The molecule has 2 fully saturated rings. The van der Waals surface area contributed by atoms with Gasteiger partial charge in [0.25, 0.3) is 0 Å². The van der Waals surface area contributed by atoms with E-state index >= 15 is 0 Å². The molecular formula is C17H28N4O3. The van der Waals surface area contributed by atoms with E-state index in [-0.39, 0.29) is 12.5 Å². The van der Waals surface area contributed by atoms with E-state index in [0.29, 0.717) is 18.5 Å². The molecule has 24 heavy (non-hydrogen) atoms. The summed E-state index contributed by atoms with van der Waals surface area (Å²) < 4.78 is 12.8. The van der Waals surface area contributed by atoms with Crippen molar-refractivity contribution in [2.75, 3.05) is 46.1 Å². The fourth-order valence-electron chi connectivity index (χ4n) is 3.60. The lowest BCUT2D eigenvalue weighted by Crippen LogP contribution is -2.52. The number of morpholine rings is 1. The summed E-state index contributed by atoms with van der Waals surface area (Å²) in [6.07, 6.45) is 1.06. The number of amides is 1. The molecule has 1 amide bonds. The number of ether oxygens (including phenoxy) is 2. The zero-order chi connectivity index (χ0) is 16.9. The number of carbonyl (C=O) groups is 1. The highest BCUT2D eigenvalue weighted by atomic mass is 16.5. The Labute approximate surface area is 143 Å². The number of aromatic nitrogens is 2. The third-order valence-electron chi connectivity index (χ3n) is 4.93. The van der Waals surface area contributed by atoms with Crippen LogP contribution in [0.1, 0.15) is 17.8 Å². The fraction of sp³-hybridized carbons (Fsp3) is 0.765. The molecule has 134 valence electrons. The van der Waals surface area contributed by atoms with Crippen molar-refractivity contribution in [3.8, 4) is 0 Å². The molecule has 0 spiro atoms. The maximum atomic E-state index is 12.3. The Balaban J connectivity index is 1.55. The molecule has 0 unspecified atom stereocenters. The van der Waals surface area contributed by atoms with Crippen LogP contribution in [0.2, 0.25) is 0 Å². The van der Waals surface area contributed by atoms with Crippen LogP contribution in [-0.2, 0) is 20.8 Å². The Morgan fingerprint density at radius 2 is 2.12 bits per heavy atom. The molecule has 2 saturated heterocycles. The van der Waals surface area contributed by atoms with Crippen LogP contribution in [0.5, 0.6) is 0 Å². The number of aryl methyl sites for hydroxylation is 2. The predicted molar refractivity (Wildman–Crippen MR) is 89.8 cm³/mol. The van der Waals surface area contributed by atoms with Crippen molar-refractivity contribution in [2.45, 2.75) is 32.9 Å². The Morgan fingerprint density at radius 1 is 1.33 bits per heavy atom. The van der Waals surface area contributed by atoms with E-state index in [0.717, 1.165) is 57.3 Å². The van der Waals surface area contributed by atoms with Gasteiger partial charge in [-0.15, -0.1) is 0 Å². The van der Waals surface area contributed by atoms with Crippen LogP contribution in [0.3, 0.4) is 0 Å². The van der Waals surface area contributed by atoms with E-state index in [9.17, 15) is 4.79 Å². The highest BCUT2D eigenvalue weighted by Gasteiger charge is 2.31. The van der Waals surface area contributed by atoms with E-state index in [4.69, 9.17) is 9.47 Å². The minimum atomic E-state index is 0.0124. The van der Waals surface area contributed by atoms with Crippen molar-refractivity contribution in [1.82, 2.24) is 20.0 Å². The van der Waals surface area contributed by atoms with Gasteiger partial charge in [0, 0.05) is 43.9 Å². The summed E-state index contributed by atoms with van der Waals surface area (Å²) in [5.74, 6) is 0.496. The summed E-state index contributed by atoms with van der Waals surface area (Å²) >= 11 is 0. The summed E-state index contributed by atoms with van der Waals surface area (Å²) in [5, 5.41) is 7.46. The lowest BCUT2D eigenvalue weighted by atomic mass is 9.97. The average Bonchev–Trinajstić information content (AvgIpc) is 3.19. The molecule has 1 aromatic heterocycles. The van der Waals surface area contributed by atoms with Crippen LogP contribution in [-0.4, -0.2) is 72.7 Å². The quantitative estimate of drug-likeness (QED) is 0.812. The molecule has 0 radical (unpaired) electrons. The van der Waals surface area contributed by atoms with Crippen LogP contribution in [0, 0.1) is 19.8 Å². The first-order chi connectivity index (χ1) is 11.6. The monoisotopic (exact) mass is 336 g/mol.